The lowest BCUT2D eigenvalue weighted by atomic mass is 9.98. The molecular weight excluding hydrogens is 270 g/mol. The van der Waals surface area contributed by atoms with E-state index in [-0.39, 0.29) is 16.7 Å². The van der Waals surface area contributed by atoms with Crippen molar-refractivity contribution < 1.29 is 4.92 Å². The van der Waals surface area contributed by atoms with Gasteiger partial charge < -0.3 is 10.2 Å². The Morgan fingerprint density at radius 1 is 1.57 bits per heavy atom. The number of rotatable bonds is 5. The third-order valence-electron chi connectivity index (χ3n) is 4.09. The summed E-state index contributed by atoms with van der Waals surface area (Å²) >= 11 is 0. The zero-order chi connectivity index (χ0) is 15.6. The monoisotopic (exact) mass is 295 g/mol. The first-order valence-electron chi connectivity index (χ1n) is 7.57. The van der Waals surface area contributed by atoms with Gasteiger partial charge in [0.25, 0.3) is 0 Å². The maximum absolute atomic E-state index is 11.4. The molecule has 1 fully saturated rings. The number of hydrogen-bond acceptors (Lipinski definition) is 5. The molecule has 1 unspecified atom stereocenters. The highest BCUT2D eigenvalue weighted by Crippen LogP contribution is 2.33. The normalized spacial score (nSPS) is 19.0. The Balaban J connectivity index is 2.31. The molecule has 0 aliphatic carbocycles. The second-order valence-corrected chi connectivity index (χ2v) is 6.10. The summed E-state index contributed by atoms with van der Waals surface area (Å²) in [7, 11) is 1.78. The van der Waals surface area contributed by atoms with Crippen LogP contribution < -0.4 is 10.2 Å². The maximum Gasteiger partial charge on any atom is 0.333 e. The van der Waals surface area contributed by atoms with Gasteiger partial charge in [0.05, 0.1) is 4.92 Å². The van der Waals surface area contributed by atoms with Gasteiger partial charge in [0, 0.05) is 19.6 Å². The number of nitrogens with one attached hydrogen (secondary N) is 1. The zero-order valence-electron chi connectivity index (χ0n) is 13.3. The van der Waals surface area contributed by atoms with E-state index in [0.29, 0.717) is 17.4 Å². The summed E-state index contributed by atoms with van der Waals surface area (Å²) in [6.45, 7) is 8.72. The Labute approximate surface area is 125 Å². The van der Waals surface area contributed by atoms with Crippen LogP contribution in [0.2, 0.25) is 0 Å². The largest absolute Gasteiger partial charge is 0.348 e. The molecule has 1 aromatic rings. The number of piperidine rings is 1. The van der Waals surface area contributed by atoms with Crippen molar-refractivity contribution in [2.45, 2.75) is 39.7 Å². The summed E-state index contributed by atoms with van der Waals surface area (Å²) in [5, 5.41) is 19.0. The molecule has 7 nitrogen and oxygen atoms in total. The van der Waals surface area contributed by atoms with Crippen LogP contribution in [0.5, 0.6) is 0 Å². The van der Waals surface area contributed by atoms with Crippen molar-refractivity contribution in [2.75, 3.05) is 24.5 Å². The Hall–Kier alpha value is -1.63. The van der Waals surface area contributed by atoms with Crippen LogP contribution in [0.3, 0.4) is 0 Å². The summed E-state index contributed by atoms with van der Waals surface area (Å²) in [5.74, 6) is 1.15. The minimum atomic E-state index is -0.313. The van der Waals surface area contributed by atoms with E-state index in [1.807, 2.05) is 0 Å². The molecule has 1 aromatic heterocycles. The molecule has 1 aliphatic heterocycles. The van der Waals surface area contributed by atoms with Gasteiger partial charge in [-0.1, -0.05) is 0 Å². The van der Waals surface area contributed by atoms with Crippen molar-refractivity contribution in [1.29, 1.82) is 0 Å². The quantitative estimate of drug-likeness (QED) is 0.662. The SMILES string of the molecule is Cc1nn(C)c(N(CC2CCCNC2)C(C)C)c1[N+](=O)[O-]. The third kappa shape index (κ3) is 3.34. The standard InChI is InChI=1S/C14H25N5O2/c1-10(2)18(9-12-6-5-7-15-8-12)14-13(19(20)21)11(3)16-17(14)4/h10,12,15H,5-9H2,1-4H3. The summed E-state index contributed by atoms with van der Waals surface area (Å²) < 4.78 is 1.64. The van der Waals surface area contributed by atoms with E-state index in [9.17, 15) is 10.1 Å². The van der Waals surface area contributed by atoms with Crippen LogP contribution in [0, 0.1) is 23.0 Å². The second-order valence-electron chi connectivity index (χ2n) is 6.10. The molecule has 1 N–H and O–H groups in total. The Morgan fingerprint density at radius 3 is 2.81 bits per heavy atom. The number of aryl methyl sites for hydroxylation is 2. The third-order valence-corrected chi connectivity index (χ3v) is 4.09. The molecule has 2 rings (SSSR count). The molecule has 0 aromatic carbocycles. The van der Waals surface area contributed by atoms with Crippen molar-refractivity contribution in [1.82, 2.24) is 15.1 Å². The fourth-order valence-electron chi connectivity index (χ4n) is 3.07. The second kappa shape index (κ2) is 6.43. The van der Waals surface area contributed by atoms with Gasteiger partial charge in [-0.05, 0) is 52.6 Å². The van der Waals surface area contributed by atoms with Crippen LogP contribution in [0.1, 0.15) is 32.4 Å². The van der Waals surface area contributed by atoms with Gasteiger partial charge in [-0.25, -0.2) is 4.68 Å². The molecule has 0 spiro atoms. The highest BCUT2D eigenvalue weighted by Gasteiger charge is 2.31. The molecular formula is C14H25N5O2. The van der Waals surface area contributed by atoms with Crippen LogP contribution in [-0.4, -0.2) is 40.4 Å². The molecule has 21 heavy (non-hydrogen) atoms. The highest BCUT2D eigenvalue weighted by molar-refractivity contribution is 5.61. The van der Waals surface area contributed by atoms with Gasteiger partial charge in [-0.15, -0.1) is 0 Å². The van der Waals surface area contributed by atoms with Crippen molar-refractivity contribution in [2.24, 2.45) is 13.0 Å². The van der Waals surface area contributed by atoms with Crippen molar-refractivity contribution in [3.05, 3.63) is 15.8 Å². The Kier molecular flexibility index (Phi) is 4.82. The molecule has 0 saturated carbocycles. The topological polar surface area (TPSA) is 76.2 Å². The first-order chi connectivity index (χ1) is 9.91. The number of nitrogens with zero attached hydrogens (tertiary/aromatic N) is 4. The van der Waals surface area contributed by atoms with Crippen LogP contribution in [0.4, 0.5) is 11.5 Å². The van der Waals surface area contributed by atoms with Crippen molar-refractivity contribution >= 4 is 11.5 Å². The molecule has 7 heteroatoms. The number of anilines is 1. The van der Waals surface area contributed by atoms with Crippen LogP contribution >= 0.6 is 0 Å². The van der Waals surface area contributed by atoms with Gasteiger partial charge in [0.2, 0.25) is 5.82 Å². The van der Waals surface area contributed by atoms with Crippen LogP contribution in [-0.2, 0) is 7.05 Å². The Bertz CT molecular complexity index is 506. The first kappa shape index (κ1) is 15.8. The van der Waals surface area contributed by atoms with E-state index < -0.39 is 0 Å². The van der Waals surface area contributed by atoms with Crippen LogP contribution in [0.25, 0.3) is 0 Å². The van der Waals surface area contributed by atoms with E-state index in [1.54, 1.807) is 18.7 Å². The lowest BCUT2D eigenvalue weighted by Crippen LogP contribution is -2.42. The Morgan fingerprint density at radius 2 is 2.29 bits per heavy atom. The fraction of sp³-hybridized carbons (Fsp3) is 0.786. The molecule has 1 saturated heterocycles. The molecule has 0 bridgehead atoms. The van der Waals surface area contributed by atoms with E-state index in [4.69, 9.17) is 0 Å². The van der Waals surface area contributed by atoms with E-state index in [1.165, 1.54) is 12.8 Å². The van der Waals surface area contributed by atoms with Crippen LogP contribution in [0.15, 0.2) is 0 Å². The summed E-state index contributed by atoms with van der Waals surface area (Å²) in [5.41, 5.74) is 0.611. The van der Waals surface area contributed by atoms with Gasteiger partial charge in [-0.2, -0.15) is 5.10 Å². The summed E-state index contributed by atoms with van der Waals surface area (Å²) in [6, 6.07) is 0.195. The average molecular weight is 295 g/mol. The highest BCUT2D eigenvalue weighted by atomic mass is 16.6. The van der Waals surface area contributed by atoms with E-state index in [2.05, 4.69) is 29.2 Å². The zero-order valence-corrected chi connectivity index (χ0v) is 13.3. The predicted octanol–water partition coefficient (Wildman–Crippen LogP) is 1.85. The van der Waals surface area contributed by atoms with Gasteiger partial charge in [0.1, 0.15) is 5.69 Å². The average Bonchev–Trinajstić information content (AvgIpc) is 2.71. The molecule has 0 radical (unpaired) electrons. The molecule has 1 aliphatic rings. The van der Waals surface area contributed by atoms with Gasteiger partial charge >= 0.3 is 5.69 Å². The molecule has 0 amide bonds. The van der Waals surface area contributed by atoms with Crippen molar-refractivity contribution in [3.63, 3.8) is 0 Å². The summed E-state index contributed by atoms with van der Waals surface area (Å²) in [4.78, 5) is 13.2. The molecule has 2 heterocycles. The number of hydrogen-bond donors (Lipinski definition) is 1. The van der Waals surface area contributed by atoms with Crippen molar-refractivity contribution in [3.8, 4) is 0 Å². The minimum absolute atomic E-state index is 0.134. The number of aromatic nitrogens is 2. The summed E-state index contributed by atoms with van der Waals surface area (Å²) in [6.07, 6.45) is 2.34. The number of nitro groups is 1. The van der Waals surface area contributed by atoms with Gasteiger partial charge in [0.15, 0.2) is 0 Å². The lowest BCUT2D eigenvalue weighted by Gasteiger charge is -2.33. The molecule has 118 valence electrons. The predicted molar refractivity (Wildman–Crippen MR) is 82.7 cm³/mol. The van der Waals surface area contributed by atoms with E-state index >= 15 is 0 Å². The smallest absolute Gasteiger partial charge is 0.333 e. The van der Waals surface area contributed by atoms with Gasteiger partial charge in [-0.3, -0.25) is 10.1 Å². The lowest BCUT2D eigenvalue weighted by molar-refractivity contribution is -0.384. The first-order valence-corrected chi connectivity index (χ1v) is 7.57. The fourth-order valence-corrected chi connectivity index (χ4v) is 3.07. The molecule has 1 atom stereocenters. The van der Waals surface area contributed by atoms with E-state index in [0.717, 1.165) is 19.6 Å². The minimum Gasteiger partial charge on any atom is -0.348 e. The maximum atomic E-state index is 11.4.